The molecule has 1 atom stereocenters. The van der Waals surface area contributed by atoms with E-state index in [2.05, 4.69) is 11.4 Å². The van der Waals surface area contributed by atoms with Crippen LogP contribution in [-0.2, 0) is 13.1 Å². The van der Waals surface area contributed by atoms with Gasteiger partial charge in [-0.3, -0.25) is 0 Å². The summed E-state index contributed by atoms with van der Waals surface area (Å²) in [6, 6.07) is 27.6. The molecule has 0 aliphatic heterocycles. The first kappa shape index (κ1) is 20.6. The van der Waals surface area contributed by atoms with E-state index in [-0.39, 0.29) is 6.04 Å². The van der Waals surface area contributed by atoms with Gasteiger partial charge in [0.2, 0.25) is 5.95 Å². The number of hydrogen-bond donors (Lipinski definition) is 1. The van der Waals surface area contributed by atoms with Gasteiger partial charge in [0.1, 0.15) is 11.9 Å². The lowest BCUT2D eigenvalue weighted by molar-refractivity contribution is 0.717. The Hall–Kier alpha value is -3.62. The predicted molar refractivity (Wildman–Crippen MR) is 126 cm³/mol. The summed E-state index contributed by atoms with van der Waals surface area (Å²) >= 11 is 6.00. The third-order valence-electron chi connectivity index (χ3n) is 5.07. The zero-order valence-corrected chi connectivity index (χ0v) is 17.9. The van der Waals surface area contributed by atoms with Gasteiger partial charge in [-0.2, -0.15) is 10.2 Å². The van der Waals surface area contributed by atoms with Crippen molar-refractivity contribution in [3.8, 4) is 6.07 Å². The fourth-order valence-corrected chi connectivity index (χ4v) is 3.47. The highest BCUT2D eigenvalue weighted by atomic mass is 35.5. The highest BCUT2D eigenvalue weighted by Gasteiger charge is 2.19. The predicted octanol–water partition coefficient (Wildman–Crippen LogP) is 5.81. The van der Waals surface area contributed by atoms with Crippen molar-refractivity contribution in [2.45, 2.75) is 26.1 Å². The average molecular weight is 428 g/mol. The molecule has 0 saturated carbocycles. The van der Waals surface area contributed by atoms with Gasteiger partial charge in [0.15, 0.2) is 0 Å². The van der Waals surface area contributed by atoms with Crippen LogP contribution in [-0.4, -0.2) is 16.0 Å². The summed E-state index contributed by atoms with van der Waals surface area (Å²) in [7, 11) is 0. The molecular weight excluding hydrogens is 406 g/mol. The Bertz CT molecular complexity index is 1200. The van der Waals surface area contributed by atoms with Gasteiger partial charge in [0, 0.05) is 23.5 Å². The maximum Gasteiger partial charge on any atom is 0.229 e. The van der Waals surface area contributed by atoms with Crippen LogP contribution in [0.25, 0.3) is 10.9 Å². The van der Waals surface area contributed by atoms with E-state index in [9.17, 15) is 5.26 Å². The number of rotatable bonds is 7. The molecule has 6 heteroatoms. The Morgan fingerprint density at radius 1 is 0.935 bits per heavy atom. The Morgan fingerprint density at radius 3 is 2.39 bits per heavy atom. The number of halogens is 1. The van der Waals surface area contributed by atoms with Crippen LogP contribution >= 0.6 is 11.6 Å². The van der Waals surface area contributed by atoms with Crippen molar-refractivity contribution in [2.75, 3.05) is 10.2 Å². The molecule has 1 heterocycles. The number of hydrogen-bond acceptors (Lipinski definition) is 5. The normalized spacial score (nSPS) is 11.6. The highest BCUT2D eigenvalue weighted by Crippen LogP contribution is 2.26. The second-order valence-corrected chi connectivity index (χ2v) is 7.72. The number of anilines is 2. The molecule has 0 fully saturated rings. The van der Waals surface area contributed by atoms with Crippen molar-refractivity contribution in [3.05, 3.63) is 95.0 Å². The van der Waals surface area contributed by atoms with Crippen molar-refractivity contribution < 1.29 is 0 Å². The molecule has 4 rings (SSSR count). The molecule has 0 saturated heterocycles. The molecule has 0 aliphatic rings. The molecule has 0 bridgehead atoms. The van der Waals surface area contributed by atoms with Gasteiger partial charge in [-0.1, -0.05) is 66.2 Å². The summed E-state index contributed by atoms with van der Waals surface area (Å²) < 4.78 is 0. The minimum Gasteiger partial charge on any atom is -0.365 e. The summed E-state index contributed by atoms with van der Waals surface area (Å²) in [4.78, 5) is 11.5. The molecule has 0 aliphatic carbocycles. The third kappa shape index (κ3) is 4.93. The number of nitrogens with one attached hydrogen (secondary N) is 1. The van der Waals surface area contributed by atoms with Crippen LogP contribution in [0.5, 0.6) is 0 Å². The quantitative estimate of drug-likeness (QED) is 0.403. The van der Waals surface area contributed by atoms with Crippen LogP contribution in [0.4, 0.5) is 11.8 Å². The van der Waals surface area contributed by atoms with Gasteiger partial charge in [-0.05, 0) is 42.3 Å². The summed E-state index contributed by atoms with van der Waals surface area (Å²) in [5.74, 6) is 1.26. The second-order valence-electron chi connectivity index (χ2n) is 7.29. The molecular formula is C25H22ClN5. The lowest BCUT2D eigenvalue weighted by atomic mass is 10.2. The van der Waals surface area contributed by atoms with Crippen LogP contribution in [0, 0.1) is 11.3 Å². The van der Waals surface area contributed by atoms with Gasteiger partial charge in [0.25, 0.3) is 0 Å². The molecule has 154 valence electrons. The van der Waals surface area contributed by atoms with Crippen molar-refractivity contribution in [3.63, 3.8) is 0 Å². The molecule has 4 aromatic rings. The van der Waals surface area contributed by atoms with Crippen molar-refractivity contribution in [1.82, 2.24) is 9.97 Å². The highest BCUT2D eigenvalue weighted by molar-refractivity contribution is 6.30. The van der Waals surface area contributed by atoms with Crippen molar-refractivity contribution in [1.29, 1.82) is 5.26 Å². The summed E-state index contributed by atoms with van der Waals surface area (Å²) in [6.07, 6.45) is 0. The Labute approximate surface area is 186 Å². The van der Waals surface area contributed by atoms with Crippen LogP contribution < -0.4 is 10.2 Å². The van der Waals surface area contributed by atoms with E-state index in [0.29, 0.717) is 24.1 Å². The number of fused-ring (bicyclic) bond motifs is 1. The molecule has 5 nitrogen and oxygen atoms in total. The topological polar surface area (TPSA) is 64.8 Å². The number of nitriles is 1. The Balaban J connectivity index is 1.70. The molecule has 1 unspecified atom stereocenters. The maximum atomic E-state index is 9.63. The molecule has 0 radical (unpaired) electrons. The summed E-state index contributed by atoms with van der Waals surface area (Å²) in [5.41, 5.74) is 3.02. The summed E-state index contributed by atoms with van der Waals surface area (Å²) in [6.45, 7) is 3.01. The van der Waals surface area contributed by atoms with Crippen LogP contribution in [0.15, 0.2) is 78.9 Å². The van der Waals surface area contributed by atoms with Crippen molar-refractivity contribution >= 4 is 34.3 Å². The van der Waals surface area contributed by atoms with E-state index in [1.54, 1.807) is 0 Å². The molecule has 1 N–H and O–H groups in total. The fourth-order valence-electron chi connectivity index (χ4n) is 3.35. The van der Waals surface area contributed by atoms with Crippen LogP contribution in [0.1, 0.15) is 18.1 Å². The van der Waals surface area contributed by atoms with E-state index in [0.717, 1.165) is 27.8 Å². The fraction of sp³-hybridized carbons (Fsp3) is 0.160. The molecule has 0 amide bonds. The van der Waals surface area contributed by atoms with E-state index in [1.165, 1.54) is 0 Å². The number of nitrogens with zero attached hydrogens (tertiary/aromatic N) is 4. The van der Waals surface area contributed by atoms with E-state index in [1.807, 2.05) is 90.7 Å². The first-order valence-electron chi connectivity index (χ1n) is 10.1. The van der Waals surface area contributed by atoms with E-state index < -0.39 is 0 Å². The number of benzene rings is 3. The Morgan fingerprint density at radius 2 is 1.65 bits per heavy atom. The number of aromatic nitrogens is 2. The zero-order valence-electron chi connectivity index (χ0n) is 17.2. The second kappa shape index (κ2) is 9.46. The minimum atomic E-state index is -0.384. The third-order valence-corrected chi connectivity index (χ3v) is 5.32. The monoisotopic (exact) mass is 427 g/mol. The van der Waals surface area contributed by atoms with Gasteiger partial charge in [-0.15, -0.1) is 0 Å². The van der Waals surface area contributed by atoms with Crippen LogP contribution in [0.3, 0.4) is 0 Å². The number of para-hydroxylation sites is 1. The minimum absolute atomic E-state index is 0.384. The largest absolute Gasteiger partial charge is 0.365 e. The molecule has 31 heavy (non-hydrogen) atoms. The smallest absolute Gasteiger partial charge is 0.229 e. The van der Waals surface area contributed by atoms with Gasteiger partial charge in [0.05, 0.1) is 11.6 Å². The van der Waals surface area contributed by atoms with E-state index >= 15 is 0 Å². The molecule has 0 spiro atoms. The Kier molecular flexibility index (Phi) is 6.30. The van der Waals surface area contributed by atoms with Gasteiger partial charge in [-0.25, -0.2) is 4.98 Å². The molecule has 1 aromatic heterocycles. The first-order chi connectivity index (χ1) is 15.1. The van der Waals surface area contributed by atoms with Gasteiger partial charge < -0.3 is 10.2 Å². The lowest BCUT2D eigenvalue weighted by Gasteiger charge is -2.26. The standard InChI is InChI=1S/C25H22ClN5/c1-18(15-27)31(17-20-7-3-2-4-8-20)25-29-23-10-6-5-9-22(23)24(30-25)28-16-19-11-13-21(26)14-12-19/h2-14,18H,16-17H2,1H3,(H,28,29,30). The lowest BCUT2D eigenvalue weighted by Crippen LogP contribution is -2.33. The SMILES string of the molecule is CC(C#N)N(Cc1ccccc1)c1nc(NCc2ccc(Cl)cc2)c2ccccc2n1. The maximum absolute atomic E-state index is 9.63. The van der Waals surface area contributed by atoms with E-state index in [4.69, 9.17) is 21.6 Å². The summed E-state index contributed by atoms with van der Waals surface area (Å²) in [5, 5.41) is 14.7. The average Bonchev–Trinajstić information content (AvgIpc) is 2.82. The van der Waals surface area contributed by atoms with Crippen LogP contribution in [0.2, 0.25) is 5.02 Å². The van der Waals surface area contributed by atoms with Gasteiger partial charge >= 0.3 is 0 Å². The first-order valence-corrected chi connectivity index (χ1v) is 10.5. The van der Waals surface area contributed by atoms with Crippen molar-refractivity contribution in [2.24, 2.45) is 0 Å². The molecule has 3 aromatic carbocycles. The zero-order chi connectivity index (χ0) is 21.6.